The number of anilines is 1. The Bertz CT molecular complexity index is 631. The standard InChI is InChI=1S/C11H12F2N2O5S/c12-11(13)21(19,20)7-3-1-6(2-4-7)15-10(18)8(14)5-9(16)17/h1-4,8,11H,5,14H2,(H,15,18)(H,16,17). The predicted molar refractivity (Wildman–Crippen MR) is 68.5 cm³/mol. The lowest BCUT2D eigenvalue weighted by Crippen LogP contribution is -2.37. The van der Waals surface area contributed by atoms with Crippen LogP contribution in [0.5, 0.6) is 0 Å². The van der Waals surface area contributed by atoms with E-state index in [1.54, 1.807) is 0 Å². The normalized spacial score (nSPS) is 13.0. The van der Waals surface area contributed by atoms with E-state index >= 15 is 0 Å². The first-order chi connectivity index (χ1) is 9.64. The number of hydrogen-bond acceptors (Lipinski definition) is 5. The fourth-order valence-corrected chi connectivity index (χ4v) is 2.07. The number of carboxylic acid groups (broad SMARTS) is 1. The number of nitrogens with one attached hydrogen (secondary N) is 1. The predicted octanol–water partition coefficient (Wildman–Crippen LogP) is 0.423. The van der Waals surface area contributed by atoms with Gasteiger partial charge in [-0.3, -0.25) is 9.59 Å². The molecule has 1 atom stereocenters. The smallest absolute Gasteiger partial charge is 0.341 e. The second-order valence-corrected chi connectivity index (χ2v) is 5.94. The lowest BCUT2D eigenvalue weighted by molar-refractivity contribution is -0.138. The van der Waals surface area contributed by atoms with Crippen LogP contribution >= 0.6 is 0 Å². The summed E-state index contributed by atoms with van der Waals surface area (Å²) < 4.78 is 47.0. The molecule has 1 aromatic rings. The Morgan fingerprint density at radius 2 is 1.76 bits per heavy atom. The van der Waals surface area contributed by atoms with Gasteiger partial charge in [0.15, 0.2) is 0 Å². The van der Waals surface area contributed by atoms with Crippen molar-refractivity contribution in [1.29, 1.82) is 0 Å². The number of halogens is 2. The van der Waals surface area contributed by atoms with Crippen LogP contribution in [0.2, 0.25) is 0 Å². The third-order valence-electron chi connectivity index (χ3n) is 2.42. The summed E-state index contributed by atoms with van der Waals surface area (Å²) in [6, 6.07) is 2.72. The Hall–Kier alpha value is -2.07. The van der Waals surface area contributed by atoms with Gasteiger partial charge in [0.1, 0.15) is 0 Å². The van der Waals surface area contributed by atoms with Crippen LogP contribution in [0.4, 0.5) is 14.5 Å². The van der Waals surface area contributed by atoms with Crippen molar-refractivity contribution in [2.75, 3.05) is 5.32 Å². The van der Waals surface area contributed by atoms with Gasteiger partial charge in [-0.1, -0.05) is 0 Å². The molecule has 116 valence electrons. The van der Waals surface area contributed by atoms with E-state index in [1.807, 2.05) is 0 Å². The fourth-order valence-electron chi connectivity index (χ4n) is 1.35. The molecule has 1 aromatic carbocycles. The summed E-state index contributed by atoms with van der Waals surface area (Å²) in [6.07, 6.45) is -0.580. The number of alkyl halides is 2. The van der Waals surface area contributed by atoms with Crippen molar-refractivity contribution in [3.8, 4) is 0 Å². The molecular formula is C11H12F2N2O5S. The first-order valence-electron chi connectivity index (χ1n) is 5.55. The molecule has 0 aliphatic carbocycles. The molecule has 1 amide bonds. The summed E-state index contributed by atoms with van der Waals surface area (Å²) in [6.45, 7) is 0. The van der Waals surface area contributed by atoms with Gasteiger partial charge in [0, 0.05) is 5.69 Å². The highest BCUT2D eigenvalue weighted by Crippen LogP contribution is 2.20. The molecule has 0 fully saturated rings. The zero-order valence-corrected chi connectivity index (χ0v) is 11.3. The van der Waals surface area contributed by atoms with E-state index in [0.717, 1.165) is 24.3 Å². The number of hydrogen-bond donors (Lipinski definition) is 3. The molecule has 0 aliphatic rings. The molecular weight excluding hydrogens is 310 g/mol. The van der Waals surface area contributed by atoms with Crippen molar-refractivity contribution in [2.45, 2.75) is 23.1 Å². The van der Waals surface area contributed by atoms with Crippen LogP contribution in [-0.4, -0.2) is 37.2 Å². The third kappa shape index (κ3) is 4.46. The molecule has 21 heavy (non-hydrogen) atoms. The molecule has 0 heterocycles. The number of carbonyl (C=O) groups is 2. The topological polar surface area (TPSA) is 127 Å². The summed E-state index contributed by atoms with van der Waals surface area (Å²) in [5, 5.41) is 10.7. The number of nitrogens with two attached hydrogens (primary N) is 1. The lowest BCUT2D eigenvalue weighted by Gasteiger charge is -2.10. The van der Waals surface area contributed by atoms with Crippen LogP contribution in [0.15, 0.2) is 29.2 Å². The minimum absolute atomic E-state index is 0.106. The molecule has 0 radical (unpaired) electrons. The number of carbonyl (C=O) groups excluding carboxylic acids is 1. The summed E-state index contributed by atoms with van der Waals surface area (Å²) in [4.78, 5) is 21.3. The lowest BCUT2D eigenvalue weighted by atomic mass is 10.2. The van der Waals surface area contributed by atoms with Gasteiger partial charge in [-0.05, 0) is 24.3 Å². The van der Waals surface area contributed by atoms with Gasteiger partial charge in [-0.15, -0.1) is 0 Å². The molecule has 1 rings (SSSR count). The minimum atomic E-state index is -4.70. The molecule has 0 aliphatic heterocycles. The Morgan fingerprint density at radius 3 is 2.19 bits per heavy atom. The number of benzene rings is 1. The van der Waals surface area contributed by atoms with Crippen LogP contribution < -0.4 is 11.1 Å². The molecule has 0 spiro atoms. The van der Waals surface area contributed by atoms with Gasteiger partial charge in [0.05, 0.1) is 17.4 Å². The van der Waals surface area contributed by atoms with Crippen molar-refractivity contribution in [2.24, 2.45) is 5.73 Å². The van der Waals surface area contributed by atoms with Crippen molar-refractivity contribution in [3.05, 3.63) is 24.3 Å². The fraction of sp³-hybridized carbons (Fsp3) is 0.273. The molecule has 4 N–H and O–H groups in total. The van der Waals surface area contributed by atoms with Gasteiger partial charge >= 0.3 is 11.7 Å². The summed E-state index contributed by atoms with van der Waals surface area (Å²) >= 11 is 0. The third-order valence-corrected chi connectivity index (χ3v) is 3.81. The van der Waals surface area contributed by atoms with Crippen molar-refractivity contribution >= 4 is 27.4 Å². The maximum atomic E-state index is 12.3. The first-order valence-corrected chi connectivity index (χ1v) is 7.09. The Kier molecular flexibility index (Phi) is 5.33. The van der Waals surface area contributed by atoms with E-state index in [4.69, 9.17) is 10.8 Å². The zero-order valence-electron chi connectivity index (χ0n) is 10.5. The van der Waals surface area contributed by atoms with Crippen molar-refractivity contribution in [1.82, 2.24) is 0 Å². The van der Waals surface area contributed by atoms with Crippen LogP contribution in [-0.2, 0) is 19.4 Å². The molecule has 7 nitrogen and oxygen atoms in total. The average molecular weight is 322 g/mol. The van der Waals surface area contributed by atoms with Gasteiger partial charge < -0.3 is 16.2 Å². The second-order valence-electron chi connectivity index (χ2n) is 4.02. The Morgan fingerprint density at radius 1 is 1.24 bits per heavy atom. The number of aliphatic carboxylic acids is 1. The SMILES string of the molecule is NC(CC(=O)O)C(=O)Nc1ccc(S(=O)(=O)C(F)F)cc1. The average Bonchev–Trinajstić information content (AvgIpc) is 2.38. The van der Waals surface area contributed by atoms with E-state index in [0.29, 0.717) is 0 Å². The summed E-state index contributed by atoms with van der Waals surface area (Å²) in [5.41, 5.74) is 5.42. The Balaban J connectivity index is 2.80. The van der Waals surface area contributed by atoms with Crippen LogP contribution in [0.1, 0.15) is 6.42 Å². The van der Waals surface area contributed by atoms with Crippen LogP contribution in [0.25, 0.3) is 0 Å². The van der Waals surface area contributed by atoms with Gasteiger partial charge in [-0.2, -0.15) is 8.78 Å². The highest BCUT2D eigenvalue weighted by atomic mass is 32.2. The highest BCUT2D eigenvalue weighted by Gasteiger charge is 2.26. The number of rotatable bonds is 6. The van der Waals surface area contributed by atoms with E-state index in [2.05, 4.69) is 5.32 Å². The number of amides is 1. The molecule has 0 aromatic heterocycles. The first kappa shape index (κ1) is 17.0. The minimum Gasteiger partial charge on any atom is -0.481 e. The summed E-state index contributed by atoms with van der Waals surface area (Å²) in [7, 11) is -4.70. The van der Waals surface area contributed by atoms with E-state index < -0.39 is 44.8 Å². The van der Waals surface area contributed by atoms with E-state index in [9.17, 15) is 26.8 Å². The largest absolute Gasteiger partial charge is 0.481 e. The van der Waals surface area contributed by atoms with Crippen LogP contribution in [0.3, 0.4) is 0 Å². The second kappa shape index (κ2) is 6.59. The Labute approximate surface area is 118 Å². The molecule has 0 bridgehead atoms. The van der Waals surface area contributed by atoms with Gasteiger partial charge in [-0.25, -0.2) is 8.42 Å². The quantitative estimate of drug-likeness (QED) is 0.697. The molecule has 10 heteroatoms. The summed E-state index contributed by atoms with van der Waals surface area (Å²) in [5.74, 6) is -5.58. The van der Waals surface area contributed by atoms with Gasteiger partial charge in [0.2, 0.25) is 15.7 Å². The monoisotopic (exact) mass is 322 g/mol. The maximum absolute atomic E-state index is 12.3. The van der Waals surface area contributed by atoms with E-state index in [-0.39, 0.29) is 5.69 Å². The molecule has 0 saturated heterocycles. The molecule has 1 unspecified atom stereocenters. The van der Waals surface area contributed by atoms with Crippen LogP contribution in [0, 0.1) is 0 Å². The number of carboxylic acids is 1. The maximum Gasteiger partial charge on any atom is 0.341 e. The van der Waals surface area contributed by atoms with Gasteiger partial charge in [0.25, 0.3) is 0 Å². The van der Waals surface area contributed by atoms with Crippen molar-refractivity contribution < 1.29 is 31.9 Å². The molecule has 0 saturated carbocycles. The van der Waals surface area contributed by atoms with E-state index in [1.165, 1.54) is 0 Å². The van der Waals surface area contributed by atoms with Crippen molar-refractivity contribution in [3.63, 3.8) is 0 Å². The zero-order chi connectivity index (χ0) is 16.2. The highest BCUT2D eigenvalue weighted by molar-refractivity contribution is 7.91. The number of sulfone groups is 1.